The van der Waals surface area contributed by atoms with E-state index in [1.807, 2.05) is 4.90 Å². The van der Waals surface area contributed by atoms with Crippen molar-refractivity contribution in [2.75, 3.05) is 32.1 Å². The van der Waals surface area contributed by atoms with Crippen LogP contribution in [0.5, 0.6) is 17.2 Å². The first-order valence-corrected chi connectivity index (χ1v) is 10.5. The lowest BCUT2D eigenvalue weighted by Crippen LogP contribution is -2.38. The predicted molar refractivity (Wildman–Crippen MR) is 118 cm³/mol. The summed E-state index contributed by atoms with van der Waals surface area (Å²) in [6, 6.07) is 5.82. The van der Waals surface area contributed by atoms with E-state index in [4.69, 9.17) is 9.47 Å². The number of benzene rings is 2. The minimum absolute atomic E-state index is 0.0288. The molecule has 4 rings (SSSR count). The lowest BCUT2D eigenvalue weighted by atomic mass is 10.1. The standard InChI is InChI=1S/C23H25FN4O4/c1-14-18(29)7-6-16(24)22(14)27-23-15-10-19(31-2)20(11-17(15)25-13-26-23)32-12-21(30)28-8-4-3-5-9-28/h6-7,10-11,13,29H,3-5,8-9,12H2,1-2H3,(H,25,26,27). The Bertz CT molecular complexity index is 1150. The highest BCUT2D eigenvalue weighted by Gasteiger charge is 2.19. The molecular weight excluding hydrogens is 415 g/mol. The molecule has 1 amide bonds. The molecule has 0 unspecified atom stereocenters. The summed E-state index contributed by atoms with van der Waals surface area (Å²) in [6.07, 6.45) is 4.51. The Morgan fingerprint density at radius 3 is 2.72 bits per heavy atom. The average Bonchev–Trinajstić information content (AvgIpc) is 2.82. The van der Waals surface area contributed by atoms with Gasteiger partial charge < -0.3 is 24.8 Å². The van der Waals surface area contributed by atoms with Crippen molar-refractivity contribution in [3.63, 3.8) is 0 Å². The van der Waals surface area contributed by atoms with Gasteiger partial charge in [-0.25, -0.2) is 14.4 Å². The van der Waals surface area contributed by atoms with Crippen LogP contribution in [-0.4, -0.2) is 52.7 Å². The molecule has 3 aromatic rings. The number of hydrogen-bond acceptors (Lipinski definition) is 7. The molecule has 0 radical (unpaired) electrons. The number of aromatic nitrogens is 2. The molecule has 2 aromatic carbocycles. The van der Waals surface area contributed by atoms with Crippen LogP contribution >= 0.6 is 0 Å². The average molecular weight is 440 g/mol. The van der Waals surface area contributed by atoms with Crippen molar-refractivity contribution in [3.8, 4) is 17.2 Å². The molecule has 8 nitrogen and oxygen atoms in total. The number of likely N-dealkylation sites (tertiary alicyclic amines) is 1. The quantitative estimate of drug-likeness (QED) is 0.600. The van der Waals surface area contributed by atoms with Gasteiger partial charge in [-0.05, 0) is 44.4 Å². The number of nitrogens with zero attached hydrogens (tertiary/aromatic N) is 3. The van der Waals surface area contributed by atoms with E-state index in [1.165, 1.54) is 25.6 Å². The van der Waals surface area contributed by atoms with Crippen LogP contribution in [0.4, 0.5) is 15.9 Å². The molecule has 0 bridgehead atoms. The lowest BCUT2D eigenvalue weighted by molar-refractivity contribution is -0.134. The van der Waals surface area contributed by atoms with Crippen LogP contribution in [0, 0.1) is 12.7 Å². The van der Waals surface area contributed by atoms with Crippen molar-refractivity contribution in [1.82, 2.24) is 14.9 Å². The first-order chi connectivity index (χ1) is 15.5. The third-order valence-electron chi connectivity index (χ3n) is 5.61. The summed E-state index contributed by atoms with van der Waals surface area (Å²) in [5.74, 6) is 0.516. The van der Waals surface area contributed by atoms with Gasteiger partial charge >= 0.3 is 0 Å². The molecule has 1 saturated heterocycles. The fourth-order valence-corrected chi connectivity index (χ4v) is 3.75. The number of carbonyl (C=O) groups is 1. The van der Waals surface area contributed by atoms with Crippen LogP contribution < -0.4 is 14.8 Å². The molecule has 9 heteroatoms. The van der Waals surface area contributed by atoms with Gasteiger partial charge in [0, 0.05) is 30.1 Å². The number of halogens is 1. The molecule has 1 aromatic heterocycles. The summed E-state index contributed by atoms with van der Waals surface area (Å²) >= 11 is 0. The number of fused-ring (bicyclic) bond motifs is 1. The number of amides is 1. The van der Waals surface area contributed by atoms with Crippen molar-refractivity contribution >= 4 is 28.3 Å². The number of phenolic OH excluding ortho intramolecular Hbond substituents is 1. The highest BCUT2D eigenvalue weighted by Crippen LogP contribution is 2.36. The van der Waals surface area contributed by atoms with Gasteiger partial charge in [-0.1, -0.05) is 0 Å². The first-order valence-electron chi connectivity index (χ1n) is 10.5. The molecule has 2 N–H and O–H groups in total. The van der Waals surface area contributed by atoms with Gasteiger partial charge in [0.05, 0.1) is 18.3 Å². The number of methoxy groups -OCH3 is 1. The van der Waals surface area contributed by atoms with Crippen LogP contribution in [-0.2, 0) is 4.79 Å². The summed E-state index contributed by atoms with van der Waals surface area (Å²) in [5, 5.41) is 13.4. The fraction of sp³-hybridized carbons (Fsp3) is 0.348. The number of hydrogen-bond donors (Lipinski definition) is 2. The Balaban J connectivity index is 1.61. The third-order valence-corrected chi connectivity index (χ3v) is 5.61. The molecule has 2 heterocycles. The van der Waals surface area contributed by atoms with E-state index in [2.05, 4.69) is 15.3 Å². The Kier molecular flexibility index (Phi) is 6.25. The normalized spacial score (nSPS) is 13.8. The van der Waals surface area contributed by atoms with E-state index in [9.17, 15) is 14.3 Å². The number of phenols is 1. The summed E-state index contributed by atoms with van der Waals surface area (Å²) in [5.41, 5.74) is 1.01. The van der Waals surface area contributed by atoms with Crippen LogP contribution in [0.2, 0.25) is 0 Å². The van der Waals surface area contributed by atoms with Gasteiger partial charge in [0.2, 0.25) is 0 Å². The minimum Gasteiger partial charge on any atom is -0.508 e. The van der Waals surface area contributed by atoms with Gasteiger partial charge in [-0.2, -0.15) is 0 Å². The molecule has 1 aliphatic rings. The van der Waals surface area contributed by atoms with E-state index in [1.54, 1.807) is 19.1 Å². The fourth-order valence-electron chi connectivity index (χ4n) is 3.75. The lowest BCUT2D eigenvalue weighted by Gasteiger charge is -2.26. The van der Waals surface area contributed by atoms with Gasteiger partial charge in [-0.3, -0.25) is 4.79 Å². The van der Waals surface area contributed by atoms with E-state index in [-0.39, 0.29) is 24.0 Å². The maximum absolute atomic E-state index is 14.4. The molecular formula is C23H25FN4O4. The largest absolute Gasteiger partial charge is 0.508 e. The van der Waals surface area contributed by atoms with Crippen molar-refractivity contribution in [1.29, 1.82) is 0 Å². The van der Waals surface area contributed by atoms with Crippen LogP contribution in [0.1, 0.15) is 24.8 Å². The Labute approximate surface area is 185 Å². The van der Waals surface area contributed by atoms with Crippen LogP contribution in [0.15, 0.2) is 30.6 Å². The molecule has 0 aliphatic carbocycles. The van der Waals surface area contributed by atoms with Crippen molar-refractivity contribution in [2.24, 2.45) is 0 Å². The van der Waals surface area contributed by atoms with Crippen molar-refractivity contribution < 1.29 is 23.8 Å². The molecule has 0 spiro atoms. The predicted octanol–water partition coefficient (Wildman–Crippen LogP) is 3.93. The van der Waals surface area contributed by atoms with Crippen LogP contribution in [0.25, 0.3) is 10.9 Å². The smallest absolute Gasteiger partial charge is 0.260 e. The number of piperidine rings is 1. The second-order valence-corrected chi connectivity index (χ2v) is 7.66. The number of aromatic hydroxyl groups is 1. The van der Waals surface area contributed by atoms with Gasteiger partial charge in [0.25, 0.3) is 5.91 Å². The Morgan fingerprint density at radius 2 is 1.97 bits per heavy atom. The summed E-state index contributed by atoms with van der Waals surface area (Å²) < 4.78 is 25.6. The maximum atomic E-state index is 14.4. The van der Waals surface area contributed by atoms with E-state index in [0.29, 0.717) is 33.8 Å². The monoisotopic (exact) mass is 440 g/mol. The zero-order valence-electron chi connectivity index (χ0n) is 18.0. The van der Waals surface area contributed by atoms with E-state index < -0.39 is 5.82 Å². The third kappa shape index (κ3) is 4.37. The number of nitrogens with one attached hydrogen (secondary N) is 1. The first kappa shape index (κ1) is 21.6. The molecule has 32 heavy (non-hydrogen) atoms. The van der Waals surface area contributed by atoms with Gasteiger partial charge in [-0.15, -0.1) is 0 Å². The Morgan fingerprint density at radius 1 is 1.19 bits per heavy atom. The highest BCUT2D eigenvalue weighted by atomic mass is 19.1. The van der Waals surface area contributed by atoms with Crippen LogP contribution in [0.3, 0.4) is 0 Å². The van der Waals surface area contributed by atoms with Gasteiger partial charge in [0.1, 0.15) is 23.7 Å². The number of rotatable bonds is 6. The SMILES string of the molecule is COc1cc2c(Nc3c(F)ccc(O)c3C)ncnc2cc1OCC(=O)N1CCCCC1. The second-order valence-electron chi connectivity index (χ2n) is 7.66. The molecule has 1 fully saturated rings. The van der Waals surface area contributed by atoms with Crippen molar-refractivity contribution in [2.45, 2.75) is 26.2 Å². The van der Waals surface area contributed by atoms with Gasteiger partial charge in [0.15, 0.2) is 18.1 Å². The minimum atomic E-state index is -0.518. The second kappa shape index (κ2) is 9.25. The summed E-state index contributed by atoms with van der Waals surface area (Å²) in [7, 11) is 1.50. The zero-order valence-corrected chi connectivity index (χ0v) is 18.0. The van der Waals surface area contributed by atoms with E-state index in [0.717, 1.165) is 32.4 Å². The molecule has 0 atom stereocenters. The number of anilines is 2. The number of carbonyl (C=O) groups excluding carboxylic acids is 1. The molecule has 1 aliphatic heterocycles. The molecule has 168 valence electrons. The number of ether oxygens (including phenoxy) is 2. The molecule has 0 saturated carbocycles. The van der Waals surface area contributed by atoms with Crippen molar-refractivity contribution in [3.05, 3.63) is 42.0 Å². The van der Waals surface area contributed by atoms with E-state index >= 15 is 0 Å². The summed E-state index contributed by atoms with van der Waals surface area (Å²) in [6.45, 7) is 3.02. The maximum Gasteiger partial charge on any atom is 0.260 e. The summed E-state index contributed by atoms with van der Waals surface area (Å²) in [4.78, 5) is 22.8. The Hall–Kier alpha value is -3.62. The zero-order chi connectivity index (χ0) is 22.7. The topological polar surface area (TPSA) is 96.8 Å². The highest BCUT2D eigenvalue weighted by molar-refractivity contribution is 5.93.